The number of nitrogens with zero attached hydrogens (tertiary/aromatic N) is 1. The minimum Gasteiger partial charge on any atom is -0.352 e. The van der Waals surface area contributed by atoms with Crippen molar-refractivity contribution in [3.05, 3.63) is 71.3 Å². The summed E-state index contributed by atoms with van der Waals surface area (Å²) in [6.07, 6.45) is 1.60. The van der Waals surface area contributed by atoms with Crippen LogP contribution in [0.5, 0.6) is 0 Å². The molecule has 2 aromatic rings. The summed E-state index contributed by atoms with van der Waals surface area (Å²) in [6, 6.07) is 18.0. The fourth-order valence-corrected chi connectivity index (χ4v) is 4.03. The normalized spacial score (nSPS) is 12.8. The molecule has 0 bridgehead atoms. The zero-order valence-corrected chi connectivity index (χ0v) is 19.4. The number of benzene rings is 2. The third-order valence-corrected chi connectivity index (χ3v) is 6.22. The maximum Gasteiger partial charge on any atom is 0.242 e. The van der Waals surface area contributed by atoms with Crippen molar-refractivity contribution in [2.75, 3.05) is 12.3 Å². The van der Waals surface area contributed by atoms with E-state index in [4.69, 9.17) is 0 Å². The number of carbonyl (C=O) groups is 2. The first kappa shape index (κ1) is 24.0. The number of amides is 2. The summed E-state index contributed by atoms with van der Waals surface area (Å²) in [5.74, 6) is 1.07. The average molecular weight is 427 g/mol. The summed E-state index contributed by atoms with van der Waals surface area (Å²) in [6.45, 7) is 8.45. The molecule has 162 valence electrons. The lowest BCUT2D eigenvalue weighted by molar-refractivity contribution is -0.138. The lowest BCUT2D eigenvalue weighted by Gasteiger charge is -2.29. The summed E-state index contributed by atoms with van der Waals surface area (Å²) < 4.78 is 0. The van der Waals surface area contributed by atoms with Crippen LogP contribution in [-0.2, 0) is 21.8 Å². The van der Waals surface area contributed by atoms with Crippen LogP contribution in [0.4, 0.5) is 0 Å². The monoisotopic (exact) mass is 426 g/mol. The number of thioether (sulfide) groups is 1. The van der Waals surface area contributed by atoms with Crippen LogP contribution >= 0.6 is 11.8 Å². The fraction of sp³-hybridized carbons (Fsp3) is 0.440. The highest BCUT2D eigenvalue weighted by Gasteiger charge is 2.26. The lowest BCUT2D eigenvalue weighted by Crippen LogP contribution is -2.51. The minimum atomic E-state index is -0.491. The zero-order chi connectivity index (χ0) is 21.9. The molecule has 2 aromatic carbocycles. The molecule has 0 aromatic heterocycles. The Balaban J connectivity index is 2.00. The lowest BCUT2D eigenvalue weighted by atomic mass is 10.1. The van der Waals surface area contributed by atoms with Gasteiger partial charge in [-0.1, -0.05) is 67.1 Å². The smallest absolute Gasteiger partial charge is 0.242 e. The Bertz CT molecular complexity index is 810. The Morgan fingerprint density at radius 2 is 1.73 bits per heavy atom. The number of hydrogen-bond donors (Lipinski definition) is 1. The van der Waals surface area contributed by atoms with Gasteiger partial charge in [0, 0.05) is 18.3 Å². The molecule has 0 saturated carbocycles. The summed E-state index contributed by atoms with van der Waals surface area (Å²) >= 11 is 1.60. The standard InChI is InChI=1S/C25H34N2O2S/c1-5-20(3)26-25(29)21(4)27(15-14-22-11-7-6-8-12-22)24(28)18-30-17-23-13-9-10-19(2)16-23/h6-13,16,20-21H,5,14-15,17-18H2,1-4H3,(H,26,29). The maximum atomic E-state index is 13.0. The van der Waals surface area contributed by atoms with Crippen LogP contribution in [0, 0.1) is 6.92 Å². The predicted octanol–water partition coefficient (Wildman–Crippen LogP) is 4.60. The van der Waals surface area contributed by atoms with Crippen molar-refractivity contribution in [1.29, 1.82) is 0 Å². The molecule has 2 unspecified atom stereocenters. The summed E-state index contributed by atoms with van der Waals surface area (Å²) in [5, 5.41) is 3.01. The van der Waals surface area contributed by atoms with Crippen LogP contribution < -0.4 is 5.32 Å². The second-order valence-corrected chi connectivity index (χ2v) is 8.78. The molecule has 0 aliphatic carbocycles. The van der Waals surface area contributed by atoms with Gasteiger partial charge in [0.25, 0.3) is 0 Å². The molecule has 0 fully saturated rings. The molecular weight excluding hydrogens is 392 g/mol. The Labute approximate surface area is 185 Å². The van der Waals surface area contributed by atoms with Gasteiger partial charge in [-0.2, -0.15) is 0 Å². The first-order chi connectivity index (χ1) is 14.4. The molecule has 0 aliphatic rings. The van der Waals surface area contributed by atoms with Gasteiger partial charge in [-0.3, -0.25) is 9.59 Å². The molecule has 2 rings (SSSR count). The Hall–Kier alpha value is -2.27. The number of nitrogens with one attached hydrogen (secondary N) is 1. The quantitative estimate of drug-likeness (QED) is 0.571. The molecule has 0 aliphatic heterocycles. The van der Waals surface area contributed by atoms with E-state index in [0.29, 0.717) is 12.3 Å². The van der Waals surface area contributed by atoms with Crippen molar-refractivity contribution >= 4 is 23.6 Å². The zero-order valence-electron chi connectivity index (χ0n) is 18.6. The Morgan fingerprint density at radius 3 is 2.40 bits per heavy atom. The van der Waals surface area contributed by atoms with Gasteiger partial charge in [-0.25, -0.2) is 0 Å². The molecule has 4 nitrogen and oxygen atoms in total. The van der Waals surface area contributed by atoms with Gasteiger partial charge in [0.15, 0.2) is 0 Å². The van der Waals surface area contributed by atoms with Crippen LogP contribution in [0.2, 0.25) is 0 Å². The topological polar surface area (TPSA) is 49.4 Å². The number of carbonyl (C=O) groups excluding carboxylic acids is 2. The Morgan fingerprint density at radius 1 is 1.03 bits per heavy atom. The SMILES string of the molecule is CCC(C)NC(=O)C(C)N(CCc1ccccc1)C(=O)CSCc1cccc(C)c1. The van der Waals surface area contributed by atoms with Gasteiger partial charge in [0.1, 0.15) is 6.04 Å². The third-order valence-electron chi connectivity index (χ3n) is 5.23. The molecule has 30 heavy (non-hydrogen) atoms. The van der Waals surface area contributed by atoms with Gasteiger partial charge in [0.05, 0.1) is 5.75 Å². The van der Waals surface area contributed by atoms with Crippen molar-refractivity contribution in [3.63, 3.8) is 0 Å². The Kier molecular flexibility index (Phi) is 9.95. The van der Waals surface area contributed by atoms with E-state index in [1.807, 2.05) is 45.0 Å². The van der Waals surface area contributed by atoms with E-state index in [-0.39, 0.29) is 17.9 Å². The molecule has 2 amide bonds. The first-order valence-corrected chi connectivity index (χ1v) is 11.8. The summed E-state index contributed by atoms with van der Waals surface area (Å²) in [4.78, 5) is 27.5. The summed E-state index contributed by atoms with van der Waals surface area (Å²) in [5.41, 5.74) is 3.60. The van der Waals surface area contributed by atoms with E-state index in [0.717, 1.165) is 24.2 Å². The molecule has 5 heteroatoms. The van der Waals surface area contributed by atoms with E-state index in [1.54, 1.807) is 16.7 Å². The van der Waals surface area contributed by atoms with E-state index >= 15 is 0 Å². The van der Waals surface area contributed by atoms with Crippen LogP contribution in [0.15, 0.2) is 54.6 Å². The first-order valence-electron chi connectivity index (χ1n) is 10.7. The van der Waals surface area contributed by atoms with Crippen molar-refractivity contribution in [2.24, 2.45) is 0 Å². The second kappa shape index (κ2) is 12.4. The molecule has 0 spiro atoms. The van der Waals surface area contributed by atoms with Crippen LogP contribution in [0.1, 0.15) is 43.9 Å². The molecule has 1 N–H and O–H groups in total. The highest BCUT2D eigenvalue weighted by molar-refractivity contribution is 7.99. The van der Waals surface area contributed by atoms with E-state index in [2.05, 4.69) is 42.6 Å². The van der Waals surface area contributed by atoms with Gasteiger partial charge in [0.2, 0.25) is 11.8 Å². The molecule has 0 saturated heterocycles. The third kappa shape index (κ3) is 7.86. The van der Waals surface area contributed by atoms with E-state index in [9.17, 15) is 9.59 Å². The molecule has 0 radical (unpaired) electrons. The number of aryl methyl sites for hydroxylation is 1. The highest BCUT2D eigenvalue weighted by Crippen LogP contribution is 2.16. The summed E-state index contributed by atoms with van der Waals surface area (Å²) in [7, 11) is 0. The van der Waals surface area contributed by atoms with Crippen molar-refractivity contribution in [1.82, 2.24) is 10.2 Å². The second-order valence-electron chi connectivity index (χ2n) is 7.80. The molecular formula is C25H34N2O2S. The van der Waals surface area contributed by atoms with E-state index in [1.165, 1.54) is 11.1 Å². The average Bonchev–Trinajstić information content (AvgIpc) is 2.74. The fourth-order valence-electron chi connectivity index (χ4n) is 3.18. The minimum absolute atomic E-state index is 0.00962. The van der Waals surface area contributed by atoms with Gasteiger partial charge in [-0.05, 0) is 44.7 Å². The van der Waals surface area contributed by atoms with Crippen LogP contribution in [0.3, 0.4) is 0 Å². The number of hydrogen-bond acceptors (Lipinski definition) is 3. The maximum absolute atomic E-state index is 13.0. The van der Waals surface area contributed by atoms with E-state index < -0.39 is 6.04 Å². The largest absolute Gasteiger partial charge is 0.352 e. The highest BCUT2D eigenvalue weighted by atomic mass is 32.2. The number of rotatable bonds is 11. The van der Waals surface area contributed by atoms with Crippen molar-refractivity contribution in [2.45, 2.75) is 58.4 Å². The van der Waals surface area contributed by atoms with Crippen LogP contribution in [-0.4, -0.2) is 41.1 Å². The van der Waals surface area contributed by atoms with Crippen molar-refractivity contribution < 1.29 is 9.59 Å². The molecule has 2 atom stereocenters. The van der Waals surface area contributed by atoms with Gasteiger partial charge >= 0.3 is 0 Å². The van der Waals surface area contributed by atoms with Crippen molar-refractivity contribution in [3.8, 4) is 0 Å². The van der Waals surface area contributed by atoms with Crippen LogP contribution in [0.25, 0.3) is 0 Å². The predicted molar refractivity (Wildman–Crippen MR) is 127 cm³/mol. The van der Waals surface area contributed by atoms with Gasteiger partial charge < -0.3 is 10.2 Å². The molecule has 0 heterocycles. The van der Waals surface area contributed by atoms with Gasteiger partial charge in [-0.15, -0.1) is 11.8 Å².